The molecule has 0 saturated heterocycles. The van der Waals surface area contributed by atoms with E-state index in [0.717, 1.165) is 23.4 Å². The smallest absolute Gasteiger partial charge is 0.269 e. The van der Waals surface area contributed by atoms with Gasteiger partial charge in [-0.15, -0.1) is 10.2 Å². The molecule has 1 aromatic carbocycles. The van der Waals surface area contributed by atoms with Crippen LogP contribution in [-0.4, -0.2) is 38.9 Å². The minimum atomic E-state index is -0.495. The monoisotopic (exact) mass is 374 g/mol. The molecule has 8 nitrogen and oxygen atoms in total. The van der Waals surface area contributed by atoms with E-state index in [1.807, 2.05) is 30.3 Å². The zero-order valence-corrected chi connectivity index (χ0v) is 15.0. The van der Waals surface area contributed by atoms with Gasteiger partial charge in [-0.25, -0.2) is 5.84 Å². The highest BCUT2D eigenvalue weighted by Gasteiger charge is 2.30. The Morgan fingerprint density at radius 1 is 1.38 bits per heavy atom. The Bertz CT molecular complexity index is 775. The SMILES string of the molecule is N/C(=C\N(N)CC(O)C1CC1)C(=O)NCc1nnc(-c2ccccc2)s1. The van der Waals surface area contributed by atoms with Crippen LogP contribution >= 0.6 is 11.3 Å². The molecule has 0 spiro atoms. The third-order valence-electron chi connectivity index (χ3n) is 4.02. The Balaban J connectivity index is 1.50. The predicted molar refractivity (Wildman–Crippen MR) is 99.1 cm³/mol. The van der Waals surface area contributed by atoms with Gasteiger partial charge in [0.2, 0.25) is 0 Å². The molecular formula is C17H22N6O2S. The van der Waals surface area contributed by atoms with E-state index in [1.54, 1.807) is 0 Å². The molecule has 6 N–H and O–H groups in total. The summed E-state index contributed by atoms with van der Waals surface area (Å²) >= 11 is 1.41. The highest BCUT2D eigenvalue weighted by molar-refractivity contribution is 7.14. The van der Waals surface area contributed by atoms with E-state index >= 15 is 0 Å². The Morgan fingerprint density at radius 2 is 2.12 bits per heavy atom. The summed E-state index contributed by atoms with van der Waals surface area (Å²) in [4.78, 5) is 12.1. The summed E-state index contributed by atoms with van der Waals surface area (Å²) < 4.78 is 0. The Morgan fingerprint density at radius 3 is 2.81 bits per heavy atom. The van der Waals surface area contributed by atoms with Crippen LogP contribution in [0.25, 0.3) is 10.6 Å². The first-order valence-electron chi connectivity index (χ1n) is 8.35. The molecule has 1 unspecified atom stereocenters. The number of amides is 1. The molecule has 1 fully saturated rings. The van der Waals surface area contributed by atoms with E-state index in [4.69, 9.17) is 11.6 Å². The molecule has 0 radical (unpaired) electrons. The summed E-state index contributed by atoms with van der Waals surface area (Å²) in [5.74, 6) is 5.63. The minimum Gasteiger partial charge on any atom is -0.393 e. The van der Waals surface area contributed by atoms with Crippen molar-refractivity contribution in [3.63, 3.8) is 0 Å². The molecule has 2 aromatic rings. The van der Waals surface area contributed by atoms with E-state index in [9.17, 15) is 9.90 Å². The number of carbonyl (C=O) groups is 1. The number of benzene rings is 1. The number of hydrogen-bond acceptors (Lipinski definition) is 8. The molecule has 9 heteroatoms. The van der Waals surface area contributed by atoms with Crippen molar-refractivity contribution in [1.82, 2.24) is 20.5 Å². The van der Waals surface area contributed by atoms with Gasteiger partial charge in [0.15, 0.2) is 0 Å². The van der Waals surface area contributed by atoms with Gasteiger partial charge in [0.1, 0.15) is 15.7 Å². The minimum absolute atomic E-state index is 0.0247. The van der Waals surface area contributed by atoms with Gasteiger partial charge >= 0.3 is 0 Å². The van der Waals surface area contributed by atoms with Crippen LogP contribution in [0.3, 0.4) is 0 Å². The number of rotatable bonds is 8. The maximum Gasteiger partial charge on any atom is 0.269 e. The van der Waals surface area contributed by atoms with Crippen LogP contribution in [0.4, 0.5) is 0 Å². The van der Waals surface area contributed by atoms with Crippen molar-refractivity contribution in [3.8, 4) is 10.6 Å². The molecule has 1 saturated carbocycles. The van der Waals surface area contributed by atoms with E-state index < -0.39 is 12.0 Å². The van der Waals surface area contributed by atoms with Gasteiger partial charge in [-0.05, 0) is 18.8 Å². The Labute approximate surface area is 155 Å². The van der Waals surface area contributed by atoms with Crippen molar-refractivity contribution in [2.75, 3.05) is 6.54 Å². The lowest BCUT2D eigenvalue weighted by molar-refractivity contribution is -0.117. The first-order valence-corrected chi connectivity index (χ1v) is 9.17. The molecule has 1 aliphatic carbocycles. The molecule has 1 aromatic heterocycles. The highest BCUT2D eigenvalue weighted by Crippen LogP contribution is 2.32. The van der Waals surface area contributed by atoms with Gasteiger partial charge in [-0.1, -0.05) is 41.7 Å². The maximum atomic E-state index is 12.1. The molecule has 138 valence electrons. The van der Waals surface area contributed by atoms with Crippen LogP contribution in [0.2, 0.25) is 0 Å². The zero-order chi connectivity index (χ0) is 18.5. The van der Waals surface area contributed by atoms with Crippen molar-refractivity contribution >= 4 is 17.2 Å². The van der Waals surface area contributed by atoms with Crippen LogP contribution in [0, 0.1) is 5.92 Å². The molecule has 1 atom stereocenters. The number of aromatic nitrogens is 2. The lowest BCUT2D eigenvalue weighted by Gasteiger charge is -2.18. The lowest BCUT2D eigenvalue weighted by Crippen LogP contribution is -2.37. The van der Waals surface area contributed by atoms with E-state index in [-0.39, 0.29) is 18.8 Å². The van der Waals surface area contributed by atoms with Crippen LogP contribution in [0.15, 0.2) is 42.2 Å². The summed E-state index contributed by atoms with van der Waals surface area (Å²) in [6.07, 6.45) is 2.87. The quantitative estimate of drug-likeness (QED) is 0.302. The van der Waals surface area contributed by atoms with E-state index in [2.05, 4.69) is 15.5 Å². The van der Waals surface area contributed by atoms with Crippen molar-refractivity contribution in [2.24, 2.45) is 17.5 Å². The van der Waals surface area contributed by atoms with Gasteiger partial charge in [0, 0.05) is 11.8 Å². The second-order valence-corrected chi connectivity index (χ2v) is 7.30. The number of hydrogen-bond donors (Lipinski definition) is 4. The fourth-order valence-corrected chi connectivity index (χ4v) is 3.20. The largest absolute Gasteiger partial charge is 0.393 e. The summed E-state index contributed by atoms with van der Waals surface area (Å²) in [7, 11) is 0. The van der Waals surface area contributed by atoms with Crippen molar-refractivity contribution in [3.05, 3.63) is 47.2 Å². The molecular weight excluding hydrogens is 352 g/mol. The summed E-state index contributed by atoms with van der Waals surface area (Å²) in [6, 6.07) is 9.71. The third-order valence-corrected chi connectivity index (χ3v) is 4.99. The van der Waals surface area contributed by atoms with Crippen LogP contribution in [0.5, 0.6) is 0 Å². The van der Waals surface area contributed by atoms with Gasteiger partial charge in [-0.3, -0.25) is 4.79 Å². The fraction of sp³-hybridized carbons (Fsp3) is 0.353. The standard InChI is InChI=1S/C17H22N6O2S/c18-13(9-23(19)10-14(24)11-6-7-11)16(25)20-8-15-21-22-17(26-15)12-4-2-1-3-5-12/h1-5,9,11,14,24H,6-8,10,18-19H2,(H,20,25)/b13-9-. The number of aliphatic hydroxyl groups is 1. The number of nitrogens with zero attached hydrogens (tertiary/aromatic N) is 3. The van der Waals surface area contributed by atoms with Gasteiger partial charge in [0.25, 0.3) is 5.91 Å². The van der Waals surface area contributed by atoms with E-state index in [1.165, 1.54) is 22.5 Å². The molecule has 1 aliphatic rings. The predicted octanol–water partition coefficient (Wildman–Crippen LogP) is 0.568. The number of nitrogens with one attached hydrogen (secondary N) is 1. The molecule has 1 heterocycles. The summed E-state index contributed by atoms with van der Waals surface area (Å²) in [5.41, 5.74) is 6.72. The lowest BCUT2D eigenvalue weighted by atomic mass is 10.2. The average molecular weight is 374 g/mol. The number of nitrogens with two attached hydrogens (primary N) is 2. The fourth-order valence-electron chi connectivity index (χ4n) is 2.42. The van der Waals surface area contributed by atoms with Crippen LogP contribution in [-0.2, 0) is 11.3 Å². The highest BCUT2D eigenvalue weighted by atomic mass is 32.1. The zero-order valence-electron chi connectivity index (χ0n) is 14.2. The molecule has 0 aliphatic heterocycles. The van der Waals surface area contributed by atoms with Gasteiger partial charge < -0.3 is 21.2 Å². The van der Waals surface area contributed by atoms with Gasteiger partial charge in [-0.2, -0.15) is 0 Å². The number of hydrazine groups is 1. The van der Waals surface area contributed by atoms with Crippen molar-refractivity contribution in [2.45, 2.75) is 25.5 Å². The molecule has 3 rings (SSSR count). The first-order chi connectivity index (χ1) is 12.5. The van der Waals surface area contributed by atoms with Gasteiger partial charge in [0.05, 0.1) is 19.2 Å². The Hall–Kier alpha value is -2.49. The van der Waals surface area contributed by atoms with Crippen LogP contribution in [0.1, 0.15) is 17.8 Å². The van der Waals surface area contributed by atoms with Crippen LogP contribution < -0.4 is 16.9 Å². The Kier molecular flexibility index (Phi) is 5.82. The van der Waals surface area contributed by atoms with Crippen molar-refractivity contribution in [1.29, 1.82) is 0 Å². The topological polar surface area (TPSA) is 130 Å². The normalized spacial score (nSPS) is 15.5. The molecule has 0 bridgehead atoms. The number of carbonyl (C=O) groups excluding carboxylic acids is 1. The molecule has 26 heavy (non-hydrogen) atoms. The maximum absolute atomic E-state index is 12.1. The second kappa shape index (κ2) is 8.26. The first kappa shape index (κ1) is 18.3. The molecule has 1 amide bonds. The van der Waals surface area contributed by atoms with E-state index in [0.29, 0.717) is 10.9 Å². The van der Waals surface area contributed by atoms with Crippen molar-refractivity contribution < 1.29 is 9.90 Å². The average Bonchev–Trinajstić information content (AvgIpc) is 3.38. The summed E-state index contributed by atoms with van der Waals surface area (Å²) in [5, 5.41) is 23.5. The number of aliphatic hydroxyl groups excluding tert-OH is 1. The third kappa shape index (κ3) is 5.01. The second-order valence-electron chi connectivity index (χ2n) is 6.24. The summed E-state index contributed by atoms with van der Waals surface area (Å²) in [6.45, 7) is 0.475.